The van der Waals surface area contributed by atoms with E-state index in [0.29, 0.717) is 5.95 Å². The summed E-state index contributed by atoms with van der Waals surface area (Å²) in [4.78, 5) is 11.9. The number of hydrogen-bond donors (Lipinski definition) is 2. The minimum absolute atomic E-state index is 0.156. The van der Waals surface area contributed by atoms with E-state index in [4.69, 9.17) is 0 Å². The lowest BCUT2D eigenvalue weighted by atomic mass is 10.1. The molecule has 6 nitrogen and oxygen atoms in total. The van der Waals surface area contributed by atoms with Gasteiger partial charge in [-0.25, -0.2) is 9.37 Å². The molecule has 3 aromatic heterocycles. The maximum Gasteiger partial charge on any atom is 0.224 e. The van der Waals surface area contributed by atoms with Gasteiger partial charge in [-0.3, -0.25) is 4.68 Å². The lowest BCUT2D eigenvalue weighted by Crippen LogP contribution is -2.25. The zero-order valence-corrected chi connectivity index (χ0v) is 14.3. The molecule has 0 unspecified atom stereocenters. The Morgan fingerprint density at radius 1 is 1.32 bits per heavy atom. The SMILES string of the molecule is Cn1cc2cc(-c3c[nH]c4nc(NCC(C)(C)F)ncc34)ccc2n1. The number of nitrogens with one attached hydrogen (secondary N) is 2. The molecule has 25 heavy (non-hydrogen) atoms. The van der Waals surface area contributed by atoms with Gasteiger partial charge in [-0.15, -0.1) is 0 Å². The first-order valence-corrected chi connectivity index (χ1v) is 8.10. The topological polar surface area (TPSA) is 71.4 Å². The number of aryl methyl sites for hydroxylation is 1. The Morgan fingerprint density at radius 3 is 2.96 bits per heavy atom. The molecule has 1 aromatic carbocycles. The summed E-state index contributed by atoms with van der Waals surface area (Å²) in [6.07, 6.45) is 5.67. The number of benzene rings is 1. The molecule has 0 radical (unpaired) electrons. The Kier molecular flexibility index (Phi) is 3.45. The van der Waals surface area contributed by atoms with Gasteiger partial charge in [-0.05, 0) is 31.5 Å². The summed E-state index contributed by atoms with van der Waals surface area (Å²) in [5.74, 6) is 0.411. The third kappa shape index (κ3) is 3.05. The molecule has 0 spiro atoms. The van der Waals surface area contributed by atoms with Gasteiger partial charge in [0.25, 0.3) is 0 Å². The molecule has 128 valence electrons. The number of aromatic amines is 1. The first-order chi connectivity index (χ1) is 11.9. The van der Waals surface area contributed by atoms with E-state index in [-0.39, 0.29) is 6.54 Å². The van der Waals surface area contributed by atoms with Gasteiger partial charge >= 0.3 is 0 Å². The van der Waals surface area contributed by atoms with Gasteiger partial charge in [0.1, 0.15) is 11.3 Å². The van der Waals surface area contributed by atoms with E-state index in [1.54, 1.807) is 10.9 Å². The van der Waals surface area contributed by atoms with Crippen LogP contribution in [-0.2, 0) is 7.05 Å². The molecule has 0 saturated heterocycles. The minimum Gasteiger partial charge on any atom is -0.351 e. The predicted molar refractivity (Wildman–Crippen MR) is 97.3 cm³/mol. The quantitative estimate of drug-likeness (QED) is 0.595. The maximum absolute atomic E-state index is 13.6. The van der Waals surface area contributed by atoms with Crippen LogP contribution in [0.15, 0.2) is 36.8 Å². The summed E-state index contributed by atoms with van der Waals surface area (Å²) in [7, 11) is 1.91. The second-order valence-electron chi connectivity index (χ2n) is 6.81. The van der Waals surface area contributed by atoms with E-state index in [1.165, 1.54) is 13.8 Å². The van der Waals surface area contributed by atoms with Crippen molar-refractivity contribution in [1.82, 2.24) is 24.7 Å². The smallest absolute Gasteiger partial charge is 0.224 e. The second-order valence-corrected chi connectivity index (χ2v) is 6.81. The average molecular weight is 338 g/mol. The van der Waals surface area contributed by atoms with Gasteiger partial charge in [0, 0.05) is 42.0 Å². The summed E-state index contributed by atoms with van der Waals surface area (Å²) in [5.41, 5.74) is 2.45. The number of rotatable bonds is 4. The second kappa shape index (κ2) is 5.54. The summed E-state index contributed by atoms with van der Waals surface area (Å²) in [5, 5.41) is 9.33. The number of halogens is 1. The molecule has 3 heterocycles. The van der Waals surface area contributed by atoms with Crippen LogP contribution in [0.4, 0.5) is 10.3 Å². The molecule has 0 saturated carbocycles. The van der Waals surface area contributed by atoms with Crippen molar-refractivity contribution in [3.8, 4) is 11.1 Å². The van der Waals surface area contributed by atoms with Crippen molar-refractivity contribution in [2.24, 2.45) is 7.05 Å². The van der Waals surface area contributed by atoms with Gasteiger partial charge in [-0.1, -0.05) is 6.07 Å². The normalized spacial score (nSPS) is 12.2. The van der Waals surface area contributed by atoms with E-state index < -0.39 is 5.67 Å². The standard InChI is InChI=1S/C18H19FN6/c1-18(2,19)10-22-17-21-8-14-13(7-20-16(14)23-17)11-4-5-15-12(6-11)9-25(3)24-15/h4-9H,10H2,1-3H3,(H2,20,21,22,23). The van der Waals surface area contributed by atoms with Crippen molar-refractivity contribution in [1.29, 1.82) is 0 Å². The fraction of sp³-hybridized carbons (Fsp3) is 0.278. The van der Waals surface area contributed by atoms with E-state index >= 15 is 0 Å². The zero-order valence-electron chi connectivity index (χ0n) is 14.3. The van der Waals surface area contributed by atoms with Gasteiger partial charge < -0.3 is 10.3 Å². The molecule has 0 amide bonds. The lowest BCUT2D eigenvalue weighted by molar-refractivity contribution is 0.234. The van der Waals surface area contributed by atoms with Crippen LogP contribution in [0.1, 0.15) is 13.8 Å². The lowest BCUT2D eigenvalue weighted by Gasteiger charge is -2.14. The van der Waals surface area contributed by atoms with Crippen molar-refractivity contribution in [3.63, 3.8) is 0 Å². The maximum atomic E-state index is 13.6. The summed E-state index contributed by atoms with van der Waals surface area (Å²) in [6.45, 7) is 3.18. The molecule has 4 rings (SSSR count). The van der Waals surface area contributed by atoms with Crippen molar-refractivity contribution in [2.45, 2.75) is 19.5 Å². The molecule has 0 aliphatic carbocycles. The molecule has 0 fully saturated rings. The number of nitrogens with zero attached hydrogens (tertiary/aromatic N) is 4. The fourth-order valence-electron chi connectivity index (χ4n) is 2.84. The Balaban J connectivity index is 1.70. The minimum atomic E-state index is -1.32. The van der Waals surface area contributed by atoms with Crippen LogP contribution in [0.2, 0.25) is 0 Å². The van der Waals surface area contributed by atoms with Crippen LogP contribution in [0.25, 0.3) is 33.1 Å². The molecule has 0 atom stereocenters. The van der Waals surface area contributed by atoms with E-state index in [0.717, 1.165) is 33.1 Å². The van der Waals surface area contributed by atoms with Crippen LogP contribution >= 0.6 is 0 Å². The molecule has 0 aliphatic rings. The van der Waals surface area contributed by atoms with Gasteiger partial charge in [0.15, 0.2) is 0 Å². The van der Waals surface area contributed by atoms with E-state index in [2.05, 4.69) is 31.4 Å². The molecule has 0 bridgehead atoms. The highest BCUT2D eigenvalue weighted by Gasteiger charge is 2.16. The van der Waals surface area contributed by atoms with Crippen LogP contribution in [0.3, 0.4) is 0 Å². The first-order valence-electron chi connectivity index (χ1n) is 8.10. The number of hydrogen-bond acceptors (Lipinski definition) is 4. The molecule has 0 aliphatic heterocycles. The fourth-order valence-corrected chi connectivity index (χ4v) is 2.84. The Bertz CT molecular complexity index is 1060. The Morgan fingerprint density at radius 2 is 2.16 bits per heavy atom. The highest BCUT2D eigenvalue weighted by Crippen LogP contribution is 2.30. The van der Waals surface area contributed by atoms with E-state index in [1.807, 2.05) is 31.6 Å². The van der Waals surface area contributed by atoms with Crippen molar-refractivity contribution in [3.05, 3.63) is 36.8 Å². The number of fused-ring (bicyclic) bond motifs is 2. The largest absolute Gasteiger partial charge is 0.351 e. The van der Waals surface area contributed by atoms with Gasteiger partial charge in [-0.2, -0.15) is 10.1 Å². The van der Waals surface area contributed by atoms with Crippen LogP contribution in [0, 0.1) is 0 Å². The highest BCUT2D eigenvalue weighted by atomic mass is 19.1. The average Bonchev–Trinajstić information content (AvgIpc) is 3.13. The van der Waals surface area contributed by atoms with Gasteiger partial charge in [0.2, 0.25) is 5.95 Å². The van der Waals surface area contributed by atoms with Crippen LogP contribution < -0.4 is 5.32 Å². The number of alkyl halides is 1. The third-order valence-electron chi connectivity index (χ3n) is 4.03. The van der Waals surface area contributed by atoms with Gasteiger partial charge in [0.05, 0.1) is 12.1 Å². The van der Waals surface area contributed by atoms with Crippen molar-refractivity contribution >= 4 is 27.9 Å². The molecule has 7 heteroatoms. The number of aromatic nitrogens is 5. The third-order valence-corrected chi connectivity index (χ3v) is 4.03. The van der Waals surface area contributed by atoms with Crippen LogP contribution in [0.5, 0.6) is 0 Å². The monoisotopic (exact) mass is 338 g/mol. The number of anilines is 1. The summed E-state index contributed by atoms with van der Waals surface area (Å²) >= 11 is 0. The molecule has 2 N–H and O–H groups in total. The molecule has 4 aromatic rings. The molecular weight excluding hydrogens is 319 g/mol. The molecular formula is C18H19FN6. The highest BCUT2D eigenvalue weighted by molar-refractivity contribution is 5.96. The zero-order chi connectivity index (χ0) is 17.6. The predicted octanol–water partition coefficient (Wildman–Crippen LogP) is 3.67. The first kappa shape index (κ1) is 15.6. The number of H-pyrrole nitrogens is 1. The van der Waals surface area contributed by atoms with Crippen molar-refractivity contribution in [2.75, 3.05) is 11.9 Å². The Hall–Kier alpha value is -2.96. The summed E-state index contributed by atoms with van der Waals surface area (Å²) in [6, 6.07) is 6.14. The summed E-state index contributed by atoms with van der Waals surface area (Å²) < 4.78 is 15.4. The Labute approximate surface area is 144 Å². The van der Waals surface area contributed by atoms with Crippen LogP contribution in [-0.4, -0.2) is 36.9 Å². The van der Waals surface area contributed by atoms with Crippen molar-refractivity contribution < 1.29 is 4.39 Å². The van der Waals surface area contributed by atoms with E-state index in [9.17, 15) is 4.39 Å².